The molecule has 0 aliphatic heterocycles. The lowest BCUT2D eigenvalue weighted by Crippen LogP contribution is -2.39. The van der Waals surface area contributed by atoms with Gasteiger partial charge in [-0.2, -0.15) is 0 Å². The minimum absolute atomic E-state index is 0.0753. The van der Waals surface area contributed by atoms with Crippen LogP contribution in [0.3, 0.4) is 0 Å². The van der Waals surface area contributed by atoms with E-state index in [9.17, 15) is 9.59 Å². The number of nitrogens with one attached hydrogen (secondary N) is 3. The van der Waals surface area contributed by atoms with Crippen molar-refractivity contribution in [1.29, 1.82) is 0 Å². The fourth-order valence-corrected chi connectivity index (χ4v) is 3.16. The third-order valence-electron chi connectivity index (χ3n) is 3.85. The number of carbonyl (C=O) groups excluding carboxylic acids is 2. The standard InChI is InChI=1S/C19H21BrClN3O2/c1-12-9-14(20)7-8-17(12)24-19(26)11-23-18(25)10-22-13(2)15-5-3-4-6-16(15)21/h3-9,13,22H,10-11H2,1-2H3,(H,23,25)(H,24,26)/t13-/m1/s1. The molecule has 1 atom stereocenters. The maximum absolute atomic E-state index is 12.0. The number of hydrogen-bond acceptors (Lipinski definition) is 3. The highest BCUT2D eigenvalue weighted by Crippen LogP contribution is 2.22. The maximum Gasteiger partial charge on any atom is 0.243 e. The molecule has 0 saturated heterocycles. The second kappa shape index (κ2) is 9.71. The van der Waals surface area contributed by atoms with Gasteiger partial charge in [0, 0.05) is 21.2 Å². The number of benzene rings is 2. The Labute approximate surface area is 166 Å². The zero-order chi connectivity index (χ0) is 19.1. The van der Waals surface area contributed by atoms with E-state index in [-0.39, 0.29) is 30.9 Å². The van der Waals surface area contributed by atoms with Crippen molar-refractivity contribution >= 4 is 45.0 Å². The number of aryl methyl sites for hydroxylation is 1. The molecule has 0 aliphatic rings. The Hall–Kier alpha value is -1.89. The molecular formula is C19H21BrClN3O2. The van der Waals surface area contributed by atoms with Crippen LogP contribution in [-0.4, -0.2) is 24.9 Å². The van der Waals surface area contributed by atoms with Gasteiger partial charge in [0.25, 0.3) is 0 Å². The summed E-state index contributed by atoms with van der Waals surface area (Å²) in [5, 5.41) is 9.12. The Balaban J connectivity index is 1.76. The van der Waals surface area contributed by atoms with Gasteiger partial charge in [-0.25, -0.2) is 0 Å². The molecule has 0 saturated carbocycles. The summed E-state index contributed by atoms with van der Waals surface area (Å²) in [7, 11) is 0. The second-order valence-corrected chi connectivity index (χ2v) is 7.23. The van der Waals surface area contributed by atoms with E-state index in [1.54, 1.807) is 0 Å². The first-order valence-corrected chi connectivity index (χ1v) is 9.34. The monoisotopic (exact) mass is 437 g/mol. The van der Waals surface area contributed by atoms with Crippen LogP contribution < -0.4 is 16.0 Å². The van der Waals surface area contributed by atoms with Crippen molar-refractivity contribution in [3.8, 4) is 0 Å². The topological polar surface area (TPSA) is 70.2 Å². The number of anilines is 1. The number of rotatable bonds is 7. The van der Waals surface area contributed by atoms with Crippen LogP contribution in [-0.2, 0) is 9.59 Å². The van der Waals surface area contributed by atoms with Gasteiger partial charge in [-0.05, 0) is 49.2 Å². The van der Waals surface area contributed by atoms with Gasteiger partial charge < -0.3 is 16.0 Å². The lowest BCUT2D eigenvalue weighted by Gasteiger charge is -2.15. The predicted octanol–water partition coefficient (Wildman–Crippen LogP) is 3.82. The molecular weight excluding hydrogens is 418 g/mol. The fourth-order valence-electron chi connectivity index (χ4n) is 2.39. The lowest BCUT2D eigenvalue weighted by atomic mass is 10.1. The molecule has 2 aromatic carbocycles. The average Bonchev–Trinajstić information content (AvgIpc) is 2.60. The summed E-state index contributed by atoms with van der Waals surface area (Å²) < 4.78 is 0.944. The molecule has 0 spiro atoms. The van der Waals surface area contributed by atoms with E-state index < -0.39 is 0 Å². The van der Waals surface area contributed by atoms with E-state index in [0.717, 1.165) is 21.3 Å². The van der Waals surface area contributed by atoms with Crippen molar-refractivity contribution in [2.45, 2.75) is 19.9 Å². The maximum atomic E-state index is 12.0. The quantitative estimate of drug-likeness (QED) is 0.615. The van der Waals surface area contributed by atoms with Crippen LogP contribution in [0.5, 0.6) is 0 Å². The molecule has 3 N–H and O–H groups in total. The Morgan fingerprint density at radius 3 is 2.54 bits per heavy atom. The van der Waals surface area contributed by atoms with Crippen molar-refractivity contribution in [2.24, 2.45) is 0 Å². The number of carbonyl (C=O) groups is 2. The van der Waals surface area contributed by atoms with Crippen LogP contribution in [0.25, 0.3) is 0 Å². The van der Waals surface area contributed by atoms with Gasteiger partial charge in [-0.1, -0.05) is 45.7 Å². The summed E-state index contributed by atoms with van der Waals surface area (Å²) in [5.41, 5.74) is 2.58. The highest BCUT2D eigenvalue weighted by atomic mass is 79.9. The van der Waals surface area contributed by atoms with Crippen LogP contribution in [0.15, 0.2) is 46.9 Å². The fraction of sp³-hybridized carbons (Fsp3) is 0.263. The predicted molar refractivity (Wildman–Crippen MR) is 108 cm³/mol. The SMILES string of the molecule is Cc1cc(Br)ccc1NC(=O)CNC(=O)CN[C@H](C)c1ccccc1Cl. The van der Waals surface area contributed by atoms with Crippen molar-refractivity contribution < 1.29 is 9.59 Å². The van der Waals surface area contributed by atoms with E-state index in [0.29, 0.717) is 5.02 Å². The molecule has 7 heteroatoms. The number of amides is 2. The van der Waals surface area contributed by atoms with E-state index in [4.69, 9.17) is 11.6 Å². The van der Waals surface area contributed by atoms with Gasteiger partial charge in [-0.3, -0.25) is 9.59 Å². The normalized spacial score (nSPS) is 11.7. The van der Waals surface area contributed by atoms with E-state index in [1.807, 2.05) is 56.3 Å². The minimum Gasteiger partial charge on any atom is -0.346 e. The third-order valence-corrected chi connectivity index (χ3v) is 4.69. The van der Waals surface area contributed by atoms with Crippen LogP contribution in [0.4, 0.5) is 5.69 Å². The van der Waals surface area contributed by atoms with Crippen molar-refractivity contribution in [3.63, 3.8) is 0 Å². The van der Waals surface area contributed by atoms with Gasteiger partial charge in [0.15, 0.2) is 0 Å². The van der Waals surface area contributed by atoms with Gasteiger partial charge >= 0.3 is 0 Å². The summed E-state index contributed by atoms with van der Waals surface area (Å²) >= 11 is 9.52. The molecule has 0 radical (unpaired) electrons. The van der Waals surface area contributed by atoms with Gasteiger partial charge in [0.2, 0.25) is 11.8 Å². The van der Waals surface area contributed by atoms with Crippen molar-refractivity contribution in [1.82, 2.24) is 10.6 Å². The molecule has 2 rings (SSSR count). The lowest BCUT2D eigenvalue weighted by molar-refractivity contribution is -0.123. The van der Waals surface area contributed by atoms with Gasteiger partial charge in [0.1, 0.15) is 0 Å². The summed E-state index contributed by atoms with van der Waals surface area (Å²) in [5.74, 6) is -0.533. The van der Waals surface area contributed by atoms with Crippen LogP contribution in [0.1, 0.15) is 24.1 Å². The molecule has 0 bridgehead atoms. The van der Waals surface area contributed by atoms with Crippen molar-refractivity contribution in [3.05, 3.63) is 63.1 Å². The molecule has 0 unspecified atom stereocenters. The van der Waals surface area contributed by atoms with Crippen molar-refractivity contribution in [2.75, 3.05) is 18.4 Å². The molecule has 5 nitrogen and oxygen atoms in total. The molecule has 26 heavy (non-hydrogen) atoms. The van der Waals surface area contributed by atoms with E-state index >= 15 is 0 Å². The van der Waals surface area contributed by atoms with E-state index in [2.05, 4.69) is 31.9 Å². The molecule has 0 heterocycles. The summed E-state index contributed by atoms with van der Waals surface area (Å²) in [6.45, 7) is 3.84. The molecule has 0 fully saturated rings. The van der Waals surface area contributed by atoms with Gasteiger partial charge in [-0.15, -0.1) is 0 Å². The summed E-state index contributed by atoms with van der Waals surface area (Å²) in [6.07, 6.45) is 0. The molecule has 2 aromatic rings. The number of hydrogen-bond donors (Lipinski definition) is 3. The largest absolute Gasteiger partial charge is 0.346 e. The van der Waals surface area contributed by atoms with Crippen LogP contribution in [0, 0.1) is 6.92 Å². The zero-order valence-electron chi connectivity index (χ0n) is 14.6. The summed E-state index contributed by atoms with van der Waals surface area (Å²) in [6, 6.07) is 13.0. The first kappa shape index (κ1) is 20.4. The first-order valence-electron chi connectivity index (χ1n) is 8.17. The zero-order valence-corrected chi connectivity index (χ0v) is 16.9. The molecule has 2 amide bonds. The highest BCUT2D eigenvalue weighted by Gasteiger charge is 2.11. The Kier molecular flexibility index (Phi) is 7.63. The van der Waals surface area contributed by atoms with Gasteiger partial charge in [0.05, 0.1) is 13.1 Å². The minimum atomic E-state index is -0.275. The average molecular weight is 439 g/mol. The summed E-state index contributed by atoms with van der Waals surface area (Å²) in [4.78, 5) is 23.9. The smallest absolute Gasteiger partial charge is 0.243 e. The molecule has 0 aromatic heterocycles. The molecule has 138 valence electrons. The van der Waals surface area contributed by atoms with Crippen LogP contribution >= 0.6 is 27.5 Å². The Morgan fingerprint density at radius 2 is 1.85 bits per heavy atom. The van der Waals surface area contributed by atoms with E-state index in [1.165, 1.54) is 0 Å². The molecule has 0 aliphatic carbocycles. The Bertz CT molecular complexity index is 798. The highest BCUT2D eigenvalue weighted by molar-refractivity contribution is 9.10. The second-order valence-electron chi connectivity index (χ2n) is 5.91. The first-order chi connectivity index (χ1) is 12.4. The third kappa shape index (κ3) is 6.12. The Morgan fingerprint density at radius 1 is 1.12 bits per heavy atom. The number of halogens is 2. The van der Waals surface area contributed by atoms with Crippen LogP contribution in [0.2, 0.25) is 5.02 Å².